The van der Waals surface area contributed by atoms with Gasteiger partial charge in [-0.1, -0.05) is 6.42 Å². The minimum Gasteiger partial charge on any atom is -0.467 e. The number of rotatable bonds is 2. The molecule has 6 heteroatoms. The van der Waals surface area contributed by atoms with Crippen molar-refractivity contribution >= 4 is 12.1 Å². The summed E-state index contributed by atoms with van der Waals surface area (Å²) in [7, 11) is 1.36. The van der Waals surface area contributed by atoms with E-state index in [1.165, 1.54) is 31.3 Å². The number of carbonyl (C=O) groups is 2. The standard InChI is InChI=1S/C16H28N2O4/c1-16(2,3)22-15(20)18-11-12(10-13(18)14(19)21-4)17-8-6-5-7-9-17/h12-13H,5-11H2,1-4H3. The smallest absolute Gasteiger partial charge is 0.411 e. The molecule has 1 amide bonds. The number of esters is 1. The van der Waals surface area contributed by atoms with Crippen LogP contribution in [0, 0.1) is 0 Å². The quantitative estimate of drug-likeness (QED) is 0.730. The molecule has 2 rings (SSSR count). The van der Waals surface area contributed by atoms with Crippen molar-refractivity contribution in [1.29, 1.82) is 0 Å². The van der Waals surface area contributed by atoms with Crippen molar-refractivity contribution in [3.63, 3.8) is 0 Å². The number of likely N-dealkylation sites (tertiary alicyclic amines) is 2. The molecule has 0 aliphatic carbocycles. The molecule has 6 nitrogen and oxygen atoms in total. The minimum atomic E-state index is -0.568. The molecule has 0 saturated carbocycles. The zero-order valence-electron chi connectivity index (χ0n) is 14.1. The summed E-state index contributed by atoms with van der Waals surface area (Å²) in [6.45, 7) is 8.11. The van der Waals surface area contributed by atoms with Crippen LogP contribution in [-0.4, -0.2) is 66.3 Å². The van der Waals surface area contributed by atoms with E-state index in [0.29, 0.717) is 13.0 Å². The molecule has 0 aromatic rings. The first kappa shape index (κ1) is 17.1. The molecule has 0 aromatic heterocycles. The Balaban J connectivity index is 2.07. The van der Waals surface area contributed by atoms with Crippen molar-refractivity contribution in [2.24, 2.45) is 0 Å². The lowest BCUT2D eigenvalue weighted by atomic mass is 10.1. The summed E-state index contributed by atoms with van der Waals surface area (Å²) < 4.78 is 10.3. The van der Waals surface area contributed by atoms with Crippen LogP contribution in [0.5, 0.6) is 0 Å². The van der Waals surface area contributed by atoms with Gasteiger partial charge in [0.1, 0.15) is 11.6 Å². The van der Waals surface area contributed by atoms with E-state index in [9.17, 15) is 9.59 Å². The lowest BCUT2D eigenvalue weighted by Crippen LogP contribution is -2.45. The van der Waals surface area contributed by atoms with Crippen LogP contribution in [-0.2, 0) is 14.3 Å². The van der Waals surface area contributed by atoms with E-state index in [4.69, 9.17) is 9.47 Å². The Labute approximate surface area is 132 Å². The second kappa shape index (κ2) is 6.86. The van der Waals surface area contributed by atoms with Crippen LogP contribution in [0.1, 0.15) is 46.5 Å². The van der Waals surface area contributed by atoms with Crippen molar-refractivity contribution in [1.82, 2.24) is 9.80 Å². The van der Waals surface area contributed by atoms with Gasteiger partial charge in [-0.3, -0.25) is 9.80 Å². The Kier molecular flexibility index (Phi) is 5.32. The van der Waals surface area contributed by atoms with E-state index in [-0.39, 0.29) is 12.0 Å². The summed E-state index contributed by atoms with van der Waals surface area (Å²) in [4.78, 5) is 28.4. The lowest BCUT2D eigenvalue weighted by Gasteiger charge is -2.32. The normalized spacial score (nSPS) is 26.8. The number of amides is 1. The number of carbonyl (C=O) groups excluding carboxylic acids is 2. The number of piperidine rings is 1. The average Bonchev–Trinajstić information content (AvgIpc) is 2.91. The van der Waals surface area contributed by atoms with Gasteiger partial charge in [0.25, 0.3) is 0 Å². The summed E-state index contributed by atoms with van der Waals surface area (Å²) in [5.74, 6) is -0.356. The predicted molar refractivity (Wildman–Crippen MR) is 82.6 cm³/mol. The molecule has 0 spiro atoms. The molecule has 2 heterocycles. The van der Waals surface area contributed by atoms with E-state index in [1.54, 1.807) is 0 Å². The van der Waals surface area contributed by atoms with Gasteiger partial charge in [-0.25, -0.2) is 9.59 Å². The zero-order chi connectivity index (χ0) is 16.3. The summed E-state index contributed by atoms with van der Waals surface area (Å²) in [6.07, 6.45) is 3.84. The van der Waals surface area contributed by atoms with Gasteiger partial charge in [-0.05, 0) is 53.1 Å². The van der Waals surface area contributed by atoms with Gasteiger partial charge in [-0.2, -0.15) is 0 Å². The molecular formula is C16H28N2O4. The molecule has 0 N–H and O–H groups in total. The van der Waals surface area contributed by atoms with E-state index >= 15 is 0 Å². The fraction of sp³-hybridized carbons (Fsp3) is 0.875. The molecule has 2 atom stereocenters. The Morgan fingerprint density at radius 1 is 1.09 bits per heavy atom. The molecule has 0 bridgehead atoms. The Morgan fingerprint density at radius 2 is 1.73 bits per heavy atom. The number of ether oxygens (including phenoxy) is 2. The first-order chi connectivity index (χ1) is 10.3. The Morgan fingerprint density at radius 3 is 2.27 bits per heavy atom. The van der Waals surface area contributed by atoms with Gasteiger partial charge in [0.05, 0.1) is 7.11 Å². The monoisotopic (exact) mass is 312 g/mol. The highest BCUT2D eigenvalue weighted by Gasteiger charge is 2.44. The highest BCUT2D eigenvalue weighted by Crippen LogP contribution is 2.27. The van der Waals surface area contributed by atoms with Crippen molar-refractivity contribution < 1.29 is 19.1 Å². The summed E-state index contributed by atoms with van der Waals surface area (Å²) in [6, 6.07) is -0.316. The third-order valence-electron chi connectivity index (χ3n) is 4.29. The largest absolute Gasteiger partial charge is 0.467 e. The van der Waals surface area contributed by atoms with Gasteiger partial charge in [-0.15, -0.1) is 0 Å². The zero-order valence-corrected chi connectivity index (χ0v) is 14.1. The maximum Gasteiger partial charge on any atom is 0.411 e. The number of nitrogens with zero attached hydrogens (tertiary/aromatic N) is 2. The van der Waals surface area contributed by atoms with Crippen LogP contribution in [0.25, 0.3) is 0 Å². The molecule has 0 radical (unpaired) electrons. The van der Waals surface area contributed by atoms with Crippen molar-refractivity contribution in [2.75, 3.05) is 26.7 Å². The molecule has 2 unspecified atom stereocenters. The van der Waals surface area contributed by atoms with Crippen LogP contribution >= 0.6 is 0 Å². The maximum atomic E-state index is 12.4. The third-order valence-corrected chi connectivity index (χ3v) is 4.29. The molecule has 0 aromatic carbocycles. The first-order valence-corrected chi connectivity index (χ1v) is 8.13. The summed E-state index contributed by atoms with van der Waals surface area (Å²) in [5, 5.41) is 0. The van der Waals surface area contributed by atoms with Gasteiger partial charge < -0.3 is 9.47 Å². The van der Waals surface area contributed by atoms with Crippen LogP contribution in [0.4, 0.5) is 4.79 Å². The fourth-order valence-electron chi connectivity index (χ4n) is 3.24. The Hall–Kier alpha value is -1.30. The number of hydrogen-bond donors (Lipinski definition) is 0. The number of hydrogen-bond acceptors (Lipinski definition) is 5. The molecule has 2 aliphatic rings. The minimum absolute atomic E-state index is 0.219. The SMILES string of the molecule is COC(=O)C1CC(N2CCCCC2)CN1C(=O)OC(C)(C)C. The predicted octanol–water partition coefficient (Wildman–Crippen LogP) is 2.02. The van der Waals surface area contributed by atoms with Gasteiger partial charge in [0.15, 0.2) is 0 Å². The van der Waals surface area contributed by atoms with Gasteiger partial charge in [0.2, 0.25) is 0 Å². The molecule has 2 fully saturated rings. The van der Waals surface area contributed by atoms with Crippen LogP contribution in [0.3, 0.4) is 0 Å². The van der Waals surface area contributed by atoms with E-state index in [0.717, 1.165) is 13.1 Å². The molecular weight excluding hydrogens is 284 g/mol. The maximum absolute atomic E-state index is 12.4. The highest BCUT2D eigenvalue weighted by atomic mass is 16.6. The van der Waals surface area contributed by atoms with Crippen LogP contribution < -0.4 is 0 Å². The first-order valence-electron chi connectivity index (χ1n) is 8.13. The van der Waals surface area contributed by atoms with Crippen LogP contribution in [0.15, 0.2) is 0 Å². The van der Waals surface area contributed by atoms with E-state index in [2.05, 4.69) is 4.90 Å². The van der Waals surface area contributed by atoms with Crippen molar-refractivity contribution in [2.45, 2.75) is 64.1 Å². The van der Waals surface area contributed by atoms with E-state index < -0.39 is 17.7 Å². The molecule has 2 aliphatic heterocycles. The van der Waals surface area contributed by atoms with Crippen LogP contribution in [0.2, 0.25) is 0 Å². The summed E-state index contributed by atoms with van der Waals surface area (Å²) in [5.41, 5.74) is -0.568. The third kappa shape index (κ3) is 4.12. The lowest BCUT2D eigenvalue weighted by molar-refractivity contribution is -0.145. The average molecular weight is 312 g/mol. The molecule has 2 saturated heterocycles. The number of methoxy groups -OCH3 is 1. The van der Waals surface area contributed by atoms with Gasteiger partial charge in [0, 0.05) is 12.6 Å². The fourth-order valence-corrected chi connectivity index (χ4v) is 3.24. The molecule has 126 valence electrons. The second-order valence-corrected chi connectivity index (χ2v) is 7.16. The Bertz CT molecular complexity index is 413. The van der Waals surface area contributed by atoms with Crippen molar-refractivity contribution in [3.8, 4) is 0 Å². The summed E-state index contributed by atoms with van der Waals surface area (Å²) >= 11 is 0. The topological polar surface area (TPSA) is 59.1 Å². The van der Waals surface area contributed by atoms with E-state index in [1.807, 2.05) is 20.8 Å². The highest BCUT2D eigenvalue weighted by molar-refractivity contribution is 5.82. The molecule has 22 heavy (non-hydrogen) atoms. The second-order valence-electron chi connectivity index (χ2n) is 7.16. The van der Waals surface area contributed by atoms with Gasteiger partial charge >= 0.3 is 12.1 Å². The van der Waals surface area contributed by atoms with Crippen molar-refractivity contribution in [3.05, 3.63) is 0 Å².